The van der Waals surface area contributed by atoms with Crippen LogP contribution in [0.25, 0.3) is 11.1 Å². The maximum atomic E-state index is 12.5. The van der Waals surface area contributed by atoms with Crippen LogP contribution in [0.4, 0.5) is 5.69 Å². The van der Waals surface area contributed by atoms with Gasteiger partial charge in [0.1, 0.15) is 5.70 Å². The number of carboxylic acid groups (broad SMARTS) is 1. The number of aromatic carboxylic acids is 1. The highest BCUT2D eigenvalue weighted by molar-refractivity contribution is 6.05. The van der Waals surface area contributed by atoms with Gasteiger partial charge in [-0.15, -0.1) is 0 Å². The van der Waals surface area contributed by atoms with Crippen LogP contribution in [-0.2, 0) is 19.1 Å². The standard InChI is InChI=1S/C23H19NO6/c1-29-22(27)19-8-3-4-13-24(20(19)23(28)30-2)18-11-9-15(10-12-18)16-6-5-7-17(14-16)21(25)26/h3-14H,1-2H3,(H,25,26). The molecule has 0 saturated heterocycles. The number of anilines is 1. The van der Waals surface area contributed by atoms with Crippen LogP contribution in [-0.4, -0.2) is 37.2 Å². The third-order valence-corrected chi connectivity index (χ3v) is 4.48. The first-order chi connectivity index (χ1) is 14.5. The van der Waals surface area contributed by atoms with Crippen molar-refractivity contribution in [2.45, 2.75) is 0 Å². The van der Waals surface area contributed by atoms with Gasteiger partial charge >= 0.3 is 17.9 Å². The number of carbonyl (C=O) groups is 3. The molecule has 0 fully saturated rings. The summed E-state index contributed by atoms with van der Waals surface area (Å²) in [4.78, 5) is 37.4. The Morgan fingerprint density at radius 2 is 1.57 bits per heavy atom. The second kappa shape index (κ2) is 8.91. The zero-order chi connectivity index (χ0) is 21.7. The first kappa shape index (κ1) is 20.6. The molecule has 0 aliphatic carbocycles. The van der Waals surface area contributed by atoms with Crippen molar-refractivity contribution in [1.82, 2.24) is 0 Å². The smallest absolute Gasteiger partial charge is 0.355 e. The van der Waals surface area contributed by atoms with Crippen molar-refractivity contribution < 1.29 is 29.0 Å². The van der Waals surface area contributed by atoms with Gasteiger partial charge in [-0.1, -0.05) is 30.3 Å². The molecule has 7 nitrogen and oxygen atoms in total. The summed E-state index contributed by atoms with van der Waals surface area (Å²) in [6, 6.07) is 13.7. The molecule has 7 heteroatoms. The van der Waals surface area contributed by atoms with E-state index in [4.69, 9.17) is 9.47 Å². The molecule has 30 heavy (non-hydrogen) atoms. The van der Waals surface area contributed by atoms with Gasteiger partial charge in [0.05, 0.1) is 25.4 Å². The van der Waals surface area contributed by atoms with Gasteiger partial charge in [-0.3, -0.25) is 0 Å². The van der Waals surface area contributed by atoms with E-state index in [1.165, 1.54) is 31.3 Å². The zero-order valence-electron chi connectivity index (χ0n) is 16.4. The molecule has 0 saturated carbocycles. The topological polar surface area (TPSA) is 93.1 Å². The number of allylic oxidation sites excluding steroid dienone is 2. The number of rotatable bonds is 5. The average Bonchev–Trinajstić information content (AvgIpc) is 3.01. The summed E-state index contributed by atoms with van der Waals surface area (Å²) < 4.78 is 9.68. The van der Waals surface area contributed by atoms with Crippen LogP contribution in [0.1, 0.15) is 10.4 Å². The van der Waals surface area contributed by atoms with E-state index in [0.29, 0.717) is 5.69 Å². The lowest BCUT2D eigenvalue weighted by Gasteiger charge is -2.23. The van der Waals surface area contributed by atoms with Crippen molar-refractivity contribution in [2.75, 3.05) is 19.1 Å². The molecule has 0 bridgehead atoms. The molecule has 0 unspecified atom stereocenters. The molecule has 3 rings (SSSR count). The Hall–Kier alpha value is -4.13. The minimum atomic E-state index is -1.00. The number of hydrogen-bond acceptors (Lipinski definition) is 6. The van der Waals surface area contributed by atoms with Gasteiger partial charge in [0.15, 0.2) is 0 Å². The maximum absolute atomic E-state index is 12.5. The fourth-order valence-corrected chi connectivity index (χ4v) is 3.01. The number of ether oxygens (including phenoxy) is 2. The van der Waals surface area contributed by atoms with Crippen molar-refractivity contribution in [3.63, 3.8) is 0 Å². The van der Waals surface area contributed by atoms with Gasteiger partial charge < -0.3 is 19.5 Å². The Balaban J connectivity index is 2.03. The molecule has 0 radical (unpaired) electrons. The third-order valence-electron chi connectivity index (χ3n) is 4.48. The summed E-state index contributed by atoms with van der Waals surface area (Å²) in [5, 5.41) is 9.18. The number of methoxy groups -OCH3 is 2. The van der Waals surface area contributed by atoms with Crippen LogP contribution >= 0.6 is 0 Å². The van der Waals surface area contributed by atoms with E-state index in [0.717, 1.165) is 11.1 Å². The fraction of sp³-hybridized carbons (Fsp3) is 0.0870. The monoisotopic (exact) mass is 405 g/mol. The number of benzene rings is 2. The Morgan fingerprint density at radius 1 is 0.867 bits per heavy atom. The minimum Gasteiger partial charge on any atom is -0.478 e. The number of carboxylic acids is 1. The van der Waals surface area contributed by atoms with Crippen molar-refractivity contribution in [1.29, 1.82) is 0 Å². The zero-order valence-corrected chi connectivity index (χ0v) is 16.4. The second-order valence-corrected chi connectivity index (χ2v) is 6.25. The van der Waals surface area contributed by atoms with Crippen LogP contribution in [0.3, 0.4) is 0 Å². The fourth-order valence-electron chi connectivity index (χ4n) is 3.01. The first-order valence-electron chi connectivity index (χ1n) is 8.95. The minimum absolute atomic E-state index is 0.0231. The molecule has 0 amide bonds. The highest BCUT2D eigenvalue weighted by atomic mass is 16.5. The molecule has 0 aromatic heterocycles. The highest BCUT2D eigenvalue weighted by Gasteiger charge is 2.27. The normalized spacial score (nSPS) is 13.1. The average molecular weight is 405 g/mol. The SMILES string of the molecule is COC(=O)C1=C(C(=O)OC)N(c2ccc(-c3cccc(C(=O)O)c3)cc2)C=CC=C1. The van der Waals surface area contributed by atoms with Gasteiger partial charge in [0.2, 0.25) is 0 Å². The summed E-state index contributed by atoms with van der Waals surface area (Å²) in [6.07, 6.45) is 6.43. The van der Waals surface area contributed by atoms with Crippen molar-refractivity contribution in [3.8, 4) is 11.1 Å². The predicted molar refractivity (Wildman–Crippen MR) is 111 cm³/mol. The molecule has 2 aromatic rings. The van der Waals surface area contributed by atoms with E-state index in [9.17, 15) is 19.5 Å². The molecular formula is C23H19NO6. The summed E-state index contributed by atoms with van der Waals surface area (Å²) >= 11 is 0. The summed E-state index contributed by atoms with van der Waals surface area (Å²) in [5.41, 5.74) is 2.43. The molecule has 1 aliphatic heterocycles. The molecule has 152 valence electrons. The van der Waals surface area contributed by atoms with E-state index in [1.807, 2.05) is 6.07 Å². The van der Waals surface area contributed by atoms with Gasteiger partial charge in [-0.2, -0.15) is 0 Å². The van der Waals surface area contributed by atoms with Crippen molar-refractivity contribution in [2.24, 2.45) is 0 Å². The summed E-state index contributed by atoms with van der Waals surface area (Å²) in [6.45, 7) is 0. The van der Waals surface area contributed by atoms with Gasteiger partial charge in [-0.25, -0.2) is 14.4 Å². The van der Waals surface area contributed by atoms with Crippen LogP contribution in [0.2, 0.25) is 0 Å². The van der Waals surface area contributed by atoms with Gasteiger partial charge in [0, 0.05) is 11.9 Å². The molecule has 1 N–H and O–H groups in total. The Morgan fingerprint density at radius 3 is 2.20 bits per heavy atom. The summed E-state index contributed by atoms with van der Waals surface area (Å²) in [5.74, 6) is -2.36. The lowest BCUT2D eigenvalue weighted by atomic mass is 10.0. The molecule has 1 aliphatic rings. The molecule has 0 atom stereocenters. The van der Waals surface area contributed by atoms with Crippen LogP contribution in [0.15, 0.2) is 84.2 Å². The Labute approximate surface area is 173 Å². The maximum Gasteiger partial charge on any atom is 0.355 e. The quantitative estimate of drug-likeness (QED) is 0.761. The number of hydrogen-bond donors (Lipinski definition) is 1. The largest absolute Gasteiger partial charge is 0.478 e. The van der Waals surface area contributed by atoms with Crippen molar-refractivity contribution in [3.05, 3.63) is 89.8 Å². The van der Waals surface area contributed by atoms with Crippen LogP contribution < -0.4 is 4.90 Å². The van der Waals surface area contributed by atoms with Gasteiger partial charge in [-0.05, 0) is 47.5 Å². The van der Waals surface area contributed by atoms with E-state index >= 15 is 0 Å². The highest BCUT2D eigenvalue weighted by Crippen LogP contribution is 2.29. The summed E-state index contributed by atoms with van der Waals surface area (Å²) in [7, 11) is 2.47. The van der Waals surface area contributed by atoms with Crippen LogP contribution in [0.5, 0.6) is 0 Å². The molecule has 0 spiro atoms. The second-order valence-electron chi connectivity index (χ2n) is 6.25. The lowest BCUT2D eigenvalue weighted by Crippen LogP contribution is -2.26. The predicted octanol–water partition coefficient (Wildman–Crippen LogP) is 3.54. The van der Waals surface area contributed by atoms with Crippen LogP contribution in [0, 0.1) is 0 Å². The van der Waals surface area contributed by atoms with Gasteiger partial charge in [0.25, 0.3) is 0 Å². The molecular weight excluding hydrogens is 386 g/mol. The Bertz CT molecular complexity index is 1080. The van der Waals surface area contributed by atoms with Crippen molar-refractivity contribution >= 4 is 23.6 Å². The number of carbonyl (C=O) groups excluding carboxylic acids is 2. The number of nitrogens with zero attached hydrogens (tertiary/aromatic N) is 1. The molecule has 1 heterocycles. The van der Waals surface area contributed by atoms with E-state index in [2.05, 4.69) is 0 Å². The van der Waals surface area contributed by atoms with E-state index < -0.39 is 17.9 Å². The van der Waals surface area contributed by atoms with E-state index in [-0.39, 0.29) is 16.8 Å². The van der Waals surface area contributed by atoms with E-state index in [1.54, 1.807) is 54.8 Å². The Kier molecular flexibility index (Phi) is 6.12. The molecule has 2 aromatic carbocycles. The number of esters is 2. The lowest BCUT2D eigenvalue weighted by molar-refractivity contribution is -0.139. The first-order valence-corrected chi connectivity index (χ1v) is 8.95. The third kappa shape index (κ3) is 4.15.